The van der Waals surface area contributed by atoms with Gasteiger partial charge in [0.25, 0.3) is 0 Å². The standard InChI is InChI=1S/C29H22N2O3/c1-2-25(30-34)29(33)21-14-17-27-24(18-21)23-10-6-7-11-26(23)31(27)22-15-12-20(13-16-22)28(32)19-8-4-3-5-9-19/h3-18,34H,2H2,1H3/b30-25+. The molecule has 1 N–H and O–H groups in total. The van der Waals surface area contributed by atoms with E-state index in [4.69, 9.17) is 5.21 Å². The Kier molecular flexibility index (Phi) is 5.52. The predicted octanol–water partition coefficient (Wildman–Crippen LogP) is 6.44. The van der Waals surface area contributed by atoms with E-state index in [9.17, 15) is 9.59 Å². The minimum absolute atomic E-state index is 0.0187. The van der Waals surface area contributed by atoms with Crippen molar-refractivity contribution in [2.45, 2.75) is 13.3 Å². The van der Waals surface area contributed by atoms with Crippen LogP contribution in [0.1, 0.15) is 39.6 Å². The van der Waals surface area contributed by atoms with E-state index in [-0.39, 0.29) is 17.3 Å². The first-order valence-corrected chi connectivity index (χ1v) is 11.1. The summed E-state index contributed by atoms with van der Waals surface area (Å²) in [5.41, 5.74) is 4.74. The lowest BCUT2D eigenvalue weighted by Gasteiger charge is -2.09. The maximum atomic E-state index is 12.8. The largest absolute Gasteiger partial charge is 0.411 e. The molecular weight excluding hydrogens is 424 g/mol. The number of carbonyl (C=O) groups excluding carboxylic acids is 2. The molecule has 0 aliphatic heterocycles. The Morgan fingerprint density at radius 3 is 2.06 bits per heavy atom. The number of oxime groups is 1. The van der Waals surface area contributed by atoms with Gasteiger partial charge >= 0.3 is 0 Å². The molecule has 0 fully saturated rings. The number of ketones is 2. The van der Waals surface area contributed by atoms with Gasteiger partial charge in [-0.1, -0.05) is 60.6 Å². The van der Waals surface area contributed by atoms with Crippen molar-refractivity contribution in [3.63, 3.8) is 0 Å². The maximum Gasteiger partial charge on any atom is 0.210 e. The molecule has 0 spiro atoms. The third kappa shape index (κ3) is 3.57. The molecule has 0 unspecified atom stereocenters. The Hall–Kier alpha value is -4.51. The molecule has 166 valence electrons. The highest BCUT2D eigenvalue weighted by Crippen LogP contribution is 2.33. The number of hydrogen-bond donors (Lipinski definition) is 1. The van der Waals surface area contributed by atoms with Gasteiger partial charge in [-0.25, -0.2) is 0 Å². The number of carbonyl (C=O) groups is 2. The third-order valence-electron chi connectivity index (χ3n) is 6.08. The van der Waals surface area contributed by atoms with Gasteiger partial charge in [0, 0.05) is 33.2 Å². The molecule has 0 saturated carbocycles. The highest BCUT2D eigenvalue weighted by Gasteiger charge is 2.18. The van der Waals surface area contributed by atoms with Crippen LogP contribution in [0.3, 0.4) is 0 Å². The average Bonchev–Trinajstić information content (AvgIpc) is 3.23. The van der Waals surface area contributed by atoms with Crippen LogP contribution in [0, 0.1) is 0 Å². The normalized spacial score (nSPS) is 11.7. The summed E-state index contributed by atoms with van der Waals surface area (Å²) < 4.78 is 2.12. The van der Waals surface area contributed by atoms with Gasteiger partial charge in [0.1, 0.15) is 5.71 Å². The van der Waals surface area contributed by atoms with Crippen LogP contribution in [0.25, 0.3) is 27.5 Å². The monoisotopic (exact) mass is 446 g/mol. The van der Waals surface area contributed by atoms with Crippen molar-refractivity contribution < 1.29 is 14.8 Å². The van der Waals surface area contributed by atoms with Crippen molar-refractivity contribution in [1.29, 1.82) is 0 Å². The molecule has 0 bridgehead atoms. The van der Waals surface area contributed by atoms with Crippen LogP contribution in [-0.4, -0.2) is 27.1 Å². The molecule has 0 aliphatic rings. The van der Waals surface area contributed by atoms with Crippen molar-refractivity contribution in [1.82, 2.24) is 4.57 Å². The second kappa shape index (κ2) is 8.79. The number of hydrogen-bond acceptors (Lipinski definition) is 4. The van der Waals surface area contributed by atoms with E-state index in [2.05, 4.69) is 9.72 Å². The number of nitrogens with zero attached hydrogens (tertiary/aromatic N) is 2. The fourth-order valence-corrected chi connectivity index (χ4v) is 4.35. The van der Waals surface area contributed by atoms with Crippen LogP contribution >= 0.6 is 0 Å². The van der Waals surface area contributed by atoms with Crippen LogP contribution in [0.15, 0.2) is 102 Å². The molecule has 5 nitrogen and oxygen atoms in total. The van der Waals surface area contributed by atoms with Crippen LogP contribution in [-0.2, 0) is 0 Å². The molecule has 0 aliphatic carbocycles. The summed E-state index contributed by atoms with van der Waals surface area (Å²) in [4.78, 5) is 25.6. The van der Waals surface area contributed by atoms with E-state index < -0.39 is 0 Å². The number of aromatic nitrogens is 1. The van der Waals surface area contributed by atoms with Gasteiger partial charge in [-0.15, -0.1) is 0 Å². The molecule has 0 amide bonds. The van der Waals surface area contributed by atoms with Crippen molar-refractivity contribution >= 4 is 39.1 Å². The van der Waals surface area contributed by atoms with Crippen LogP contribution < -0.4 is 0 Å². The number of rotatable bonds is 6. The molecule has 1 aromatic heterocycles. The van der Waals surface area contributed by atoms with Crippen molar-refractivity contribution in [2.24, 2.45) is 5.16 Å². The number of benzene rings is 4. The summed E-state index contributed by atoms with van der Waals surface area (Å²) in [6.45, 7) is 1.78. The van der Waals surface area contributed by atoms with Crippen LogP contribution in [0.2, 0.25) is 0 Å². The summed E-state index contributed by atoms with van der Waals surface area (Å²) in [5, 5.41) is 14.3. The maximum absolute atomic E-state index is 12.8. The van der Waals surface area contributed by atoms with Crippen molar-refractivity contribution in [2.75, 3.05) is 0 Å². The second-order valence-corrected chi connectivity index (χ2v) is 8.06. The van der Waals surface area contributed by atoms with Crippen LogP contribution in [0.4, 0.5) is 0 Å². The first-order valence-electron chi connectivity index (χ1n) is 11.1. The SMILES string of the molecule is CC/C(=N\O)C(=O)c1ccc2c(c1)c1ccccc1n2-c1ccc(C(=O)c2ccccc2)cc1. The van der Waals surface area contributed by atoms with E-state index in [0.29, 0.717) is 23.1 Å². The Morgan fingerprint density at radius 2 is 1.35 bits per heavy atom. The van der Waals surface area contributed by atoms with Gasteiger partial charge < -0.3 is 9.77 Å². The van der Waals surface area contributed by atoms with E-state index in [1.165, 1.54) is 0 Å². The van der Waals surface area contributed by atoms with Crippen LogP contribution in [0.5, 0.6) is 0 Å². The summed E-state index contributed by atoms with van der Waals surface area (Å²) in [5.74, 6) is -0.303. The van der Waals surface area contributed by atoms with Gasteiger partial charge in [-0.2, -0.15) is 0 Å². The topological polar surface area (TPSA) is 71.7 Å². The molecule has 5 heteroatoms. The highest BCUT2D eigenvalue weighted by atomic mass is 16.4. The molecular formula is C29H22N2O3. The fourth-order valence-electron chi connectivity index (χ4n) is 4.35. The van der Waals surface area contributed by atoms with E-state index in [1.807, 2.05) is 91.0 Å². The fraction of sp³-hybridized carbons (Fsp3) is 0.0690. The quantitative estimate of drug-likeness (QED) is 0.141. The lowest BCUT2D eigenvalue weighted by molar-refractivity contribution is 0.103. The van der Waals surface area contributed by atoms with Crippen molar-refractivity contribution in [3.8, 4) is 5.69 Å². The number of fused-ring (bicyclic) bond motifs is 3. The van der Waals surface area contributed by atoms with E-state index in [0.717, 1.165) is 27.5 Å². The molecule has 0 saturated heterocycles. The first kappa shape index (κ1) is 21.3. The van der Waals surface area contributed by atoms with Crippen molar-refractivity contribution in [3.05, 3.63) is 114 Å². The first-order chi connectivity index (χ1) is 16.6. The molecule has 5 aromatic rings. The Labute approximate surface area is 196 Å². The summed E-state index contributed by atoms with van der Waals surface area (Å²) in [6.07, 6.45) is 0.350. The summed E-state index contributed by atoms with van der Waals surface area (Å²) in [6, 6.07) is 30.3. The Balaban J connectivity index is 1.62. The Morgan fingerprint density at radius 1 is 0.735 bits per heavy atom. The average molecular weight is 447 g/mol. The van der Waals surface area contributed by atoms with E-state index in [1.54, 1.807) is 13.0 Å². The molecule has 0 atom stereocenters. The van der Waals surface area contributed by atoms with Gasteiger partial charge in [-0.05, 0) is 55.0 Å². The number of Topliss-reactive ketones (excluding diaryl/α,β-unsaturated/α-hetero) is 1. The van der Waals surface area contributed by atoms with Gasteiger partial charge in [0.15, 0.2) is 5.78 Å². The zero-order chi connectivity index (χ0) is 23.7. The Bertz CT molecular complexity index is 1560. The minimum Gasteiger partial charge on any atom is -0.411 e. The van der Waals surface area contributed by atoms with Gasteiger partial charge in [-0.3, -0.25) is 9.59 Å². The lowest BCUT2D eigenvalue weighted by atomic mass is 10.0. The molecule has 4 aromatic carbocycles. The van der Waals surface area contributed by atoms with E-state index >= 15 is 0 Å². The predicted molar refractivity (Wildman–Crippen MR) is 134 cm³/mol. The summed E-state index contributed by atoms with van der Waals surface area (Å²) >= 11 is 0. The molecule has 1 heterocycles. The summed E-state index contributed by atoms with van der Waals surface area (Å²) in [7, 11) is 0. The smallest absolute Gasteiger partial charge is 0.210 e. The molecule has 0 radical (unpaired) electrons. The van der Waals surface area contributed by atoms with Gasteiger partial charge in [0.05, 0.1) is 11.0 Å². The zero-order valence-electron chi connectivity index (χ0n) is 18.6. The minimum atomic E-state index is -0.285. The number of para-hydroxylation sites is 1. The zero-order valence-corrected chi connectivity index (χ0v) is 18.6. The lowest BCUT2D eigenvalue weighted by Crippen LogP contribution is -2.13. The third-order valence-corrected chi connectivity index (χ3v) is 6.08. The molecule has 34 heavy (non-hydrogen) atoms. The highest BCUT2D eigenvalue weighted by molar-refractivity contribution is 6.46. The van der Waals surface area contributed by atoms with Gasteiger partial charge in [0.2, 0.25) is 5.78 Å². The molecule has 5 rings (SSSR count). The second-order valence-electron chi connectivity index (χ2n) is 8.06.